The van der Waals surface area contributed by atoms with Crippen LogP contribution < -0.4 is 0 Å². The fourth-order valence-corrected chi connectivity index (χ4v) is 1.22. The Hall–Kier alpha value is -2.92. The lowest BCUT2D eigenvalue weighted by Gasteiger charge is -2.22. The number of rotatable bonds is 12. The van der Waals surface area contributed by atoms with E-state index < -0.39 is 57.9 Å². The second kappa shape index (κ2) is 8.51. The first-order valence-corrected chi connectivity index (χ1v) is 5.38. The lowest BCUT2D eigenvalue weighted by molar-refractivity contribution is -0.862. The summed E-state index contributed by atoms with van der Waals surface area (Å²) in [5.41, 5.74) is 0. The fraction of sp³-hybridized carbons (Fsp3) is 1.00. The van der Waals surface area contributed by atoms with Gasteiger partial charge >= 0.3 is 5.85 Å². The van der Waals surface area contributed by atoms with Crippen LogP contribution in [0.25, 0.3) is 0 Å². The van der Waals surface area contributed by atoms with Crippen LogP contribution in [0.15, 0.2) is 0 Å². The zero-order chi connectivity index (χ0) is 18.2. The van der Waals surface area contributed by atoms with Crippen molar-refractivity contribution in [2.24, 2.45) is 0 Å². The molecule has 0 aliphatic carbocycles. The van der Waals surface area contributed by atoms with E-state index in [2.05, 4.69) is 14.4 Å². The van der Waals surface area contributed by atoms with E-state index in [4.69, 9.17) is 5.11 Å². The number of aliphatic hydroxyl groups excluding tert-OH is 2. The highest BCUT2D eigenvalue weighted by Gasteiger charge is 2.65. The predicted molar refractivity (Wildman–Crippen MR) is 60.6 cm³/mol. The second-order valence-electron chi connectivity index (χ2n) is 3.65. The molecule has 0 saturated heterocycles. The molecule has 0 spiro atoms. The van der Waals surface area contributed by atoms with Gasteiger partial charge in [0, 0.05) is 0 Å². The number of aliphatic hydroxyl groups is 2. The molecule has 0 aromatic carbocycles. The Kier molecular flexibility index (Phi) is 7.43. The molecule has 2 unspecified atom stereocenters. The summed E-state index contributed by atoms with van der Waals surface area (Å²) in [7, 11) is 0. The Labute approximate surface area is 124 Å². The molecule has 0 fully saturated rings. The van der Waals surface area contributed by atoms with Crippen molar-refractivity contribution in [2.75, 3.05) is 19.8 Å². The Balaban J connectivity index is 5.22. The van der Waals surface area contributed by atoms with Gasteiger partial charge in [-0.1, -0.05) is 0 Å². The van der Waals surface area contributed by atoms with Gasteiger partial charge in [-0.15, -0.1) is 20.2 Å². The van der Waals surface area contributed by atoms with E-state index in [-0.39, 0.29) is 0 Å². The molecule has 23 heavy (non-hydrogen) atoms. The largest absolute Gasteiger partial charge is 0.607 e. The lowest BCUT2D eigenvalue weighted by Crippen LogP contribution is -2.60. The first-order chi connectivity index (χ1) is 10.6. The number of hydrogen-bond donors (Lipinski definition) is 2. The van der Waals surface area contributed by atoms with Crippen molar-refractivity contribution in [1.82, 2.24) is 0 Å². The van der Waals surface area contributed by atoms with E-state index in [1.165, 1.54) is 0 Å². The maximum atomic E-state index is 10.8. The third-order valence-electron chi connectivity index (χ3n) is 2.21. The van der Waals surface area contributed by atoms with E-state index in [1.54, 1.807) is 0 Å². The summed E-state index contributed by atoms with van der Waals surface area (Å²) in [6.07, 6.45) is -4.60. The highest BCUT2D eigenvalue weighted by Crippen LogP contribution is 2.19. The van der Waals surface area contributed by atoms with E-state index in [9.17, 15) is 45.6 Å². The minimum atomic E-state index is -3.76. The van der Waals surface area contributed by atoms with Crippen LogP contribution >= 0.6 is 0 Å². The third kappa shape index (κ3) is 5.41. The van der Waals surface area contributed by atoms with Crippen LogP contribution in [-0.4, -0.2) is 68.1 Å². The molecule has 0 bridgehead atoms. The highest BCUT2D eigenvalue weighted by atomic mass is 17.0. The average Bonchev–Trinajstić information content (AvgIpc) is 2.43. The van der Waals surface area contributed by atoms with Crippen LogP contribution in [0, 0.1) is 40.5 Å². The van der Waals surface area contributed by atoms with Gasteiger partial charge < -0.3 is 19.9 Å². The van der Waals surface area contributed by atoms with Gasteiger partial charge in [0.1, 0.15) is 16.5 Å². The molecule has 0 aromatic heterocycles. The second-order valence-corrected chi connectivity index (χ2v) is 3.65. The molecule has 0 saturated carbocycles. The van der Waals surface area contributed by atoms with Crippen LogP contribution in [0.5, 0.6) is 0 Å². The Morgan fingerprint density at radius 1 is 0.957 bits per heavy atom. The van der Waals surface area contributed by atoms with Gasteiger partial charge in [0.2, 0.25) is 0 Å². The van der Waals surface area contributed by atoms with Crippen molar-refractivity contribution in [2.45, 2.75) is 18.1 Å². The highest BCUT2D eigenvalue weighted by molar-refractivity contribution is 4.68. The molecule has 0 radical (unpaired) electrons. The smallest absolute Gasteiger partial charge is 0.393 e. The molecule has 0 aliphatic heterocycles. The zero-order valence-electron chi connectivity index (χ0n) is 11.0. The van der Waals surface area contributed by atoms with Gasteiger partial charge in [0.15, 0.2) is 6.10 Å². The number of hydrogen-bond acceptors (Lipinski definition) is 13. The lowest BCUT2D eigenvalue weighted by atomic mass is 10.2. The van der Waals surface area contributed by atoms with Crippen LogP contribution in [0.1, 0.15) is 0 Å². The predicted octanol–water partition coefficient (Wildman–Crippen LogP) is -2.65. The number of nitrogens with zero attached hydrogens (tertiary/aromatic N) is 4. The first kappa shape index (κ1) is 20.1. The summed E-state index contributed by atoms with van der Waals surface area (Å²) in [5.74, 6) is -3.76. The third-order valence-corrected chi connectivity index (χ3v) is 2.21. The van der Waals surface area contributed by atoms with Crippen molar-refractivity contribution in [3.8, 4) is 0 Å². The summed E-state index contributed by atoms with van der Waals surface area (Å²) in [5, 5.41) is 56.9. The van der Waals surface area contributed by atoms with Gasteiger partial charge in [-0.25, -0.2) is 4.74 Å². The van der Waals surface area contributed by atoms with Gasteiger partial charge in [-0.2, -0.15) is 0 Å². The summed E-state index contributed by atoms with van der Waals surface area (Å²) < 4.78 is 4.26. The van der Waals surface area contributed by atoms with Gasteiger partial charge in [-0.3, -0.25) is 20.2 Å². The normalized spacial score (nSPS) is 13.7. The standard InChI is InChI=1S/C6H10N4O13/c11-1-5(12)6(7(13)14,8(15)16)21-2-4(23-10(19)20)3-22-9(17)18/h4-5,11-12H,1-3H2. The zero-order valence-corrected chi connectivity index (χ0v) is 11.0. The van der Waals surface area contributed by atoms with Crippen LogP contribution in [0.2, 0.25) is 0 Å². The molecule has 0 heterocycles. The maximum Gasteiger partial charge on any atom is 0.607 e. The molecule has 0 aromatic rings. The topological polar surface area (TPSA) is 241 Å². The molecule has 132 valence electrons. The van der Waals surface area contributed by atoms with Gasteiger partial charge in [0.25, 0.3) is 16.3 Å². The van der Waals surface area contributed by atoms with Crippen LogP contribution in [0.3, 0.4) is 0 Å². The summed E-state index contributed by atoms with van der Waals surface area (Å²) >= 11 is 0. The van der Waals surface area contributed by atoms with Crippen molar-refractivity contribution in [3.05, 3.63) is 40.5 Å². The molecule has 0 rings (SSSR count). The Bertz CT molecular complexity index is 453. The minimum Gasteiger partial charge on any atom is -0.393 e. The molecule has 2 atom stereocenters. The van der Waals surface area contributed by atoms with Gasteiger partial charge in [0.05, 0.1) is 13.2 Å². The Morgan fingerprint density at radius 3 is 1.83 bits per heavy atom. The Morgan fingerprint density at radius 2 is 1.48 bits per heavy atom. The summed E-state index contributed by atoms with van der Waals surface area (Å²) in [6, 6.07) is 0. The van der Waals surface area contributed by atoms with Crippen molar-refractivity contribution >= 4 is 0 Å². The molecule has 2 N–H and O–H groups in total. The van der Waals surface area contributed by atoms with Crippen LogP contribution in [0.4, 0.5) is 0 Å². The summed E-state index contributed by atoms with van der Waals surface area (Å²) in [6.45, 7) is -3.91. The number of ether oxygens (including phenoxy) is 1. The van der Waals surface area contributed by atoms with E-state index >= 15 is 0 Å². The molecular weight excluding hydrogens is 336 g/mol. The quantitative estimate of drug-likeness (QED) is 0.208. The first-order valence-electron chi connectivity index (χ1n) is 5.38. The van der Waals surface area contributed by atoms with Gasteiger partial charge in [-0.05, 0) is 0 Å². The monoisotopic (exact) mass is 346 g/mol. The van der Waals surface area contributed by atoms with E-state index in [1.807, 2.05) is 0 Å². The SMILES string of the molecule is O=[N+]([O-])OCC(COC(C(O)CO)([N+](=O)[O-])[N+](=O)[O-])O[N+](=O)[O-]. The molecular formula is C6H10N4O13. The van der Waals surface area contributed by atoms with Crippen molar-refractivity contribution in [3.63, 3.8) is 0 Å². The van der Waals surface area contributed by atoms with Crippen molar-refractivity contribution < 1.29 is 44.6 Å². The minimum absolute atomic E-state index is 1.14. The number of nitro groups is 2. The molecule has 17 heteroatoms. The molecule has 0 aliphatic rings. The van der Waals surface area contributed by atoms with Crippen LogP contribution in [-0.2, 0) is 14.4 Å². The van der Waals surface area contributed by atoms with E-state index in [0.29, 0.717) is 0 Å². The maximum absolute atomic E-state index is 10.8. The molecule has 17 nitrogen and oxygen atoms in total. The fourth-order valence-electron chi connectivity index (χ4n) is 1.22. The average molecular weight is 346 g/mol. The van der Waals surface area contributed by atoms with Crippen molar-refractivity contribution in [1.29, 1.82) is 0 Å². The van der Waals surface area contributed by atoms with E-state index in [0.717, 1.165) is 0 Å². The summed E-state index contributed by atoms with van der Waals surface area (Å²) in [4.78, 5) is 46.0. The molecule has 0 amide bonds.